The predicted molar refractivity (Wildman–Crippen MR) is 98.6 cm³/mol. The Kier molecular flexibility index (Phi) is 7.63. The van der Waals surface area contributed by atoms with Crippen LogP contribution in [0.4, 0.5) is 5.69 Å². The minimum absolute atomic E-state index is 0. The Bertz CT molecular complexity index is 599. The molecule has 0 radical (unpaired) electrons. The molecule has 0 aromatic heterocycles. The highest BCUT2D eigenvalue weighted by Gasteiger charge is 2.19. The van der Waals surface area contributed by atoms with Crippen molar-refractivity contribution in [2.45, 2.75) is 39.3 Å². The van der Waals surface area contributed by atoms with Crippen molar-refractivity contribution >= 4 is 24.0 Å². The Hall–Kier alpha value is -2.00. The molecule has 0 bridgehead atoms. The van der Waals surface area contributed by atoms with Gasteiger partial charge in [-0.2, -0.15) is 0 Å². The Morgan fingerprint density at radius 2 is 1.65 bits per heavy atom. The summed E-state index contributed by atoms with van der Waals surface area (Å²) in [6.07, 6.45) is 1.36. The number of rotatable bonds is 6. The van der Waals surface area contributed by atoms with Crippen LogP contribution in [0, 0.1) is 0 Å². The van der Waals surface area contributed by atoms with E-state index in [1.54, 1.807) is 0 Å². The molecule has 0 fully saturated rings. The lowest BCUT2D eigenvalue weighted by molar-refractivity contribution is -0.133. The third-order valence-electron chi connectivity index (χ3n) is 3.97. The normalized spacial score (nSPS) is 11.4. The molecule has 23 heavy (non-hydrogen) atoms. The standard InChI is InChI=1S/C19H24N2O.ClH/c1-3-15(2)21(14-17-7-5-4-6-8-17)19(22)13-16-9-11-18(20)12-10-16;/h4-12,15H,3,13-14,20H2,1-2H3;1H. The number of amides is 1. The minimum Gasteiger partial charge on any atom is -0.399 e. The number of nitrogens with two attached hydrogens (primary N) is 1. The van der Waals surface area contributed by atoms with Crippen molar-refractivity contribution in [2.24, 2.45) is 0 Å². The topological polar surface area (TPSA) is 46.3 Å². The molecule has 1 unspecified atom stereocenters. The molecule has 0 aliphatic rings. The van der Waals surface area contributed by atoms with Gasteiger partial charge >= 0.3 is 0 Å². The largest absolute Gasteiger partial charge is 0.399 e. The number of nitrogen functional groups attached to an aromatic ring is 1. The van der Waals surface area contributed by atoms with Crippen LogP contribution >= 0.6 is 12.4 Å². The second kappa shape index (κ2) is 9.21. The van der Waals surface area contributed by atoms with Crippen molar-refractivity contribution in [3.8, 4) is 0 Å². The summed E-state index contributed by atoms with van der Waals surface area (Å²) in [6, 6.07) is 17.9. The van der Waals surface area contributed by atoms with E-state index in [0.29, 0.717) is 13.0 Å². The van der Waals surface area contributed by atoms with Crippen molar-refractivity contribution in [1.82, 2.24) is 4.90 Å². The maximum absolute atomic E-state index is 12.7. The van der Waals surface area contributed by atoms with E-state index in [1.165, 1.54) is 0 Å². The molecule has 1 atom stereocenters. The molecule has 4 heteroatoms. The van der Waals surface area contributed by atoms with Gasteiger partial charge in [-0.3, -0.25) is 4.79 Å². The van der Waals surface area contributed by atoms with Crippen LogP contribution in [0.15, 0.2) is 54.6 Å². The first-order valence-corrected chi connectivity index (χ1v) is 7.78. The summed E-state index contributed by atoms with van der Waals surface area (Å²) in [7, 11) is 0. The quantitative estimate of drug-likeness (QED) is 0.811. The van der Waals surface area contributed by atoms with E-state index in [1.807, 2.05) is 47.4 Å². The summed E-state index contributed by atoms with van der Waals surface area (Å²) < 4.78 is 0. The molecule has 3 nitrogen and oxygen atoms in total. The molecule has 2 aromatic rings. The molecule has 0 spiro atoms. The lowest BCUT2D eigenvalue weighted by Gasteiger charge is -2.29. The van der Waals surface area contributed by atoms with Gasteiger partial charge in [0, 0.05) is 18.3 Å². The van der Waals surface area contributed by atoms with Crippen LogP contribution in [-0.4, -0.2) is 16.8 Å². The predicted octanol–water partition coefficient (Wildman–Crippen LogP) is 4.06. The lowest BCUT2D eigenvalue weighted by atomic mass is 10.1. The Balaban J connectivity index is 0.00000264. The molecule has 2 N–H and O–H groups in total. The molecule has 0 aliphatic carbocycles. The average molecular weight is 333 g/mol. The number of nitrogens with zero attached hydrogens (tertiary/aromatic N) is 1. The summed E-state index contributed by atoms with van der Waals surface area (Å²) in [5, 5.41) is 0. The molecule has 2 rings (SSSR count). The van der Waals surface area contributed by atoms with E-state index in [9.17, 15) is 4.79 Å². The van der Waals surface area contributed by atoms with Crippen molar-refractivity contribution in [1.29, 1.82) is 0 Å². The van der Waals surface area contributed by atoms with Crippen molar-refractivity contribution < 1.29 is 4.79 Å². The molecule has 0 saturated carbocycles. The highest BCUT2D eigenvalue weighted by Crippen LogP contribution is 2.14. The van der Waals surface area contributed by atoms with Gasteiger partial charge in [0.15, 0.2) is 0 Å². The second-order valence-corrected chi connectivity index (χ2v) is 5.68. The van der Waals surface area contributed by atoms with Gasteiger partial charge in [0.05, 0.1) is 6.42 Å². The van der Waals surface area contributed by atoms with Crippen LogP contribution in [-0.2, 0) is 17.8 Å². The third-order valence-corrected chi connectivity index (χ3v) is 3.97. The zero-order valence-corrected chi connectivity index (χ0v) is 14.6. The third kappa shape index (κ3) is 5.61. The SMILES string of the molecule is CCC(C)N(Cc1ccccc1)C(=O)Cc1ccc(N)cc1.Cl. The molecule has 0 heterocycles. The zero-order valence-electron chi connectivity index (χ0n) is 13.7. The lowest BCUT2D eigenvalue weighted by Crippen LogP contribution is -2.38. The van der Waals surface area contributed by atoms with Crippen LogP contribution in [0.5, 0.6) is 0 Å². The Labute approximate surface area is 144 Å². The first kappa shape index (κ1) is 19.0. The van der Waals surface area contributed by atoms with Gasteiger partial charge in [0.2, 0.25) is 5.91 Å². The number of hydrogen-bond acceptors (Lipinski definition) is 2. The van der Waals surface area contributed by atoms with Gasteiger partial charge in [-0.15, -0.1) is 12.4 Å². The number of carbonyl (C=O) groups is 1. The average Bonchev–Trinajstić information content (AvgIpc) is 2.55. The Morgan fingerprint density at radius 3 is 2.22 bits per heavy atom. The van der Waals surface area contributed by atoms with Crippen molar-refractivity contribution in [3.63, 3.8) is 0 Å². The van der Waals surface area contributed by atoms with Gasteiger partial charge in [-0.1, -0.05) is 49.4 Å². The highest BCUT2D eigenvalue weighted by molar-refractivity contribution is 5.85. The summed E-state index contributed by atoms with van der Waals surface area (Å²) >= 11 is 0. The first-order chi connectivity index (χ1) is 10.6. The van der Waals surface area contributed by atoms with E-state index < -0.39 is 0 Å². The van der Waals surface area contributed by atoms with Gasteiger partial charge in [-0.25, -0.2) is 0 Å². The fourth-order valence-electron chi connectivity index (χ4n) is 2.40. The van der Waals surface area contributed by atoms with Crippen LogP contribution in [0.3, 0.4) is 0 Å². The highest BCUT2D eigenvalue weighted by atomic mass is 35.5. The van der Waals surface area contributed by atoms with Crippen molar-refractivity contribution in [2.75, 3.05) is 5.73 Å². The van der Waals surface area contributed by atoms with Gasteiger partial charge in [-0.05, 0) is 36.6 Å². The van der Waals surface area contributed by atoms with E-state index in [4.69, 9.17) is 5.73 Å². The van der Waals surface area contributed by atoms with Crippen LogP contribution in [0.25, 0.3) is 0 Å². The monoisotopic (exact) mass is 332 g/mol. The fraction of sp³-hybridized carbons (Fsp3) is 0.316. The number of carbonyl (C=O) groups excluding carboxylic acids is 1. The number of hydrogen-bond donors (Lipinski definition) is 1. The number of halogens is 1. The van der Waals surface area contributed by atoms with Crippen LogP contribution in [0.1, 0.15) is 31.4 Å². The molecular weight excluding hydrogens is 308 g/mol. The maximum atomic E-state index is 12.7. The zero-order chi connectivity index (χ0) is 15.9. The van der Waals surface area contributed by atoms with Gasteiger partial charge < -0.3 is 10.6 Å². The summed E-state index contributed by atoms with van der Waals surface area (Å²) in [4.78, 5) is 14.7. The summed E-state index contributed by atoms with van der Waals surface area (Å²) in [5.74, 6) is 0.156. The molecule has 2 aromatic carbocycles. The number of anilines is 1. The molecule has 124 valence electrons. The summed E-state index contributed by atoms with van der Waals surface area (Å²) in [6.45, 7) is 4.87. The maximum Gasteiger partial charge on any atom is 0.227 e. The molecule has 0 saturated heterocycles. The van der Waals surface area contributed by atoms with E-state index >= 15 is 0 Å². The van der Waals surface area contributed by atoms with Crippen LogP contribution in [0.2, 0.25) is 0 Å². The Morgan fingerprint density at radius 1 is 1.04 bits per heavy atom. The fourth-order valence-corrected chi connectivity index (χ4v) is 2.40. The second-order valence-electron chi connectivity index (χ2n) is 5.68. The molecular formula is C19H25ClN2O. The van der Waals surface area contributed by atoms with Gasteiger partial charge in [0.25, 0.3) is 0 Å². The molecule has 0 aliphatic heterocycles. The van der Waals surface area contributed by atoms with Crippen molar-refractivity contribution in [3.05, 3.63) is 65.7 Å². The minimum atomic E-state index is 0. The van der Waals surface area contributed by atoms with Crippen LogP contribution < -0.4 is 5.73 Å². The smallest absolute Gasteiger partial charge is 0.227 e. The van der Waals surface area contributed by atoms with Gasteiger partial charge in [0.1, 0.15) is 0 Å². The van der Waals surface area contributed by atoms with E-state index in [0.717, 1.165) is 23.2 Å². The van der Waals surface area contributed by atoms with E-state index in [2.05, 4.69) is 26.0 Å². The summed E-state index contributed by atoms with van der Waals surface area (Å²) in [5.41, 5.74) is 8.58. The first-order valence-electron chi connectivity index (χ1n) is 7.78. The van der Waals surface area contributed by atoms with E-state index in [-0.39, 0.29) is 24.4 Å². The number of benzene rings is 2. The molecule has 1 amide bonds.